The zero-order chi connectivity index (χ0) is 24.3. The highest BCUT2D eigenvalue weighted by atomic mass is 32.2. The minimum Gasteiger partial charge on any atom is -0.463 e. The maximum atomic E-state index is 11.7. The molecule has 4 aliphatic rings. The number of rotatable bonds is 8. The number of nitrogens with zero attached hydrogens (tertiary/aromatic N) is 4. The molecule has 1 N–H and O–H groups in total. The lowest BCUT2D eigenvalue weighted by molar-refractivity contribution is -0.259. The van der Waals surface area contributed by atoms with Crippen molar-refractivity contribution in [1.29, 1.82) is 0 Å². The highest BCUT2D eigenvalue weighted by molar-refractivity contribution is 8.03. The number of allylic oxidation sites excluding steroid dienone is 2. The number of hydrogen-bond donors (Lipinski definition) is 1. The molecule has 6 atom stereocenters. The summed E-state index contributed by atoms with van der Waals surface area (Å²) < 4.78 is 28.3. The van der Waals surface area contributed by atoms with Gasteiger partial charge in [0.05, 0.1) is 18.6 Å². The van der Waals surface area contributed by atoms with Crippen LogP contribution < -0.4 is 5.32 Å². The van der Waals surface area contributed by atoms with E-state index < -0.39 is 41.7 Å². The van der Waals surface area contributed by atoms with Gasteiger partial charge in [0.2, 0.25) is 0 Å². The molecule has 4 rings (SSSR count). The average Bonchev–Trinajstić information content (AvgIpc) is 2.72. The number of thioether (sulfide) groups is 1. The van der Waals surface area contributed by atoms with Crippen LogP contribution in [0.3, 0.4) is 0 Å². The van der Waals surface area contributed by atoms with Crippen molar-refractivity contribution in [3.63, 3.8) is 0 Å². The zero-order valence-corrected chi connectivity index (χ0v) is 20.1. The Morgan fingerprint density at radius 1 is 1.35 bits per heavy atom. The van der Waals surface area contributed by atoms with Crippen LogP contribution in [0.5, 0.6) is 0 Å². The Labute approximate surface area is 201 Å². The number of nitrogens with one attached hydrogen (secondary N) is 1. The highest BCUT2D eigenvalue weighted by Gasteiger charge is 2.55. The van der Waals surface area contributed by atoms with E-state index >= 15 is 0 Å². The fraction of sp³-hybridized carbons (Fsp3) is 0.714. The van der Waals surface area contributed by atoms with E-state index in [4.69, 9.17) is 23.7 Å². The predicted octanol–water partition coefficient (Wildman–Crippen LogP) is 1.29. The van der Waals surface area contributed by atoms with Crippen LogP contribution in [0.2, 0.25) is 0 Å². The fourth-order valence-corrected chi connectivity index (χ4v) is 5.88. The average molecular weight is 496 g/mol. The summed E-state index contributed by atoms with van der Waals surface area (Å²) in [6, 6.07) is -0.874. The number of ether oxygens (including phenoxy) is 5. The van der Waals surface area contributed by atoms with E-state index in [1.165, 1.54) is 32.7 Å². The van der Waals surface area contributed by atoms with E-state index in [1.807, 2.05) is 18.4 Å². The number of carbonyl (C=O) groups is 2. The molecule has 186 valence electrons. The van der Waals surface area contributed by atoms with Gasteiger partial charge in [-0.25, -0.2) is 0 Å². The molecule has 0 amide bonds. The van der Waals surface area contributed by atoms with E-state index in [0.29, 0.717) is 6.54 Å². The molecule has 0 aromatic carbocycles. The first-order valence-corrected chi connectivity index (χ1v) is 11.9. The topological polar surface area (TPSA) is 144 Å². The van der Waals surface area contributed by atoms with Crippen molar-refractivity contribution in [3.8, 4) is 0 Å². The van der Waals surface area contributed by atoms with Crippen molar-refractivity contribution in [1.82, 2.24) is 10.2 Å². The summed E-state index contributed by atoms with van der Waals surface area (Å²) in [6.07, 6.45) is 3.47. The normalized spacial score (nSPS) is 33.7. The maximum absolute atomic E-state index is 11.7. The third-order valence-corrected chi connectivity index (χ3v) is 7.48. The van der Waals surface area contributed by atoms with Gasteiger partial charge >= 0.3 is 11.9 Å². The molecular formula is C21H29N5O7S. The van der Waals surface area contributed by atoms with Crippen LogP contribution in [0.25, 0.3) is 10.4 Å². The van der Waals surface area contributed by atoms with Gasteiger partial charge < -0.3 is 33.9 Å². The smallest absolute Gasteiger partial charge is 0.303 e. The van der Waals surface area contributed by atoms with E-state index in [9.17, 15) is 15.1 Å². The summed E-state index contributed by atoms with van der Waals surface area (Å²) in [4.78, 5) is 29.3. The zero-order valence-electron chi connectivity index (χ0n) is 19.3. The lowest BCUT2D eigenvalue weighted by atomic mass is 9.76. The van der Waals surface area contributed by atoms with Crippen LogP contribution in [0.15, 0.2) is 28.4 Å². The van der Waals surface area contributed by atoms with Gasteiger partial charge in [-0.3, -0.25) is 9.59 Å². The first-order valence-electron chi connectivity index (χ1n) is 11.0. The Hall–Kier alpha value is -2.28. The van der Waals surface area contributed by atoms with Crippen LogP contribution in [0.1, 0.15) is 13.8 Å². The Balaban J connectivity index is 1.50. The summed E-state index contributed by atoms with van der Waals surface area (Å²) in [7, 11) is 1.48. The number of azide groups is 1. The van der Waals surface area contributed by atoms with Crippen molar-refractivity contribution >= 4 is 23.7 Å². The van der Waals surface area contributed by atoms with Crippen molar-refractivity contribution in [2.45, 2.75) is 49.9 Å². The second-order valence-corrected chi connectivity index (χ2v) is 9.93. The Kier molecular flexibility index (Phi) is 7.70. The molecule has 3 fully saturated rings. The standard InChI is InChI=1S/C21H29N5O7S/c1-12(27)30-8-15-17(32-13(2)28)16(24-25-22)18(29-3)19(33-15)34-14-5-4-6-26(7-14)20-21(11-31-20)9-23-10-21/h4-6,15-20,23H,7-11H2,1-3H3/t15-,16+,17+,18-,19?,20?/m1/s1. The van der Waals surface area contributed by atoms with Gasteiger partial charge in [0.25, 0.3) is 0 Å². The number of esters is 2. The maximum Gasteiger partial charge on any atom is 0.303 e. The van der Waals surface area contributed by atoms with Crippen LogP contribution in [-0.2, 0) is 33.3 Å². The molecule has 13 heteroatoms. The molecular weight excluding hydrogens is 466 g/mol. The summed E-state index contributed by atoms with van der Waals surface area (Å²) in [5.41, 5.74) is 8.74. The molecule has 3 saturated heterocycles. The van der Waals surface area contributed by atoms with Gasteiger partial charge in [-0.2, -0.15) is 0 Å². The lowest BCUT2D eigenvalue weighted by Gasteiger charge is -2.58. The largest absolute Gasteiger partial charge is 0.463 e. The lowest BCUT2D eigenvalue weighted by Crippen LogP contribution is -2.73. The molecule has 0 aromatic rings. The Morgan fingerprint density at radius 3 is 2.71 bits per heavy atom. The van der Waals surface area contributed by atoms with Crippen LogP contribution >= 0.6 is 11.8 Å². The molecule has 0 aromatic heterocycles. The molecule has 0 bridgehead atoms. The van der Waals surface area contributed by atoms with Gasteiger partial charge in [-0.05, 0) is 17.7 Å². The molecule has 1 spiro atoms. The molecule has 4 aliphatic heterocycles. The quantitative estimate of drug-likeness (QED) is 0.226. The van der Waals surface area contributed by atoms with Crippen LogP contribution in [0.4, 0.5) is 0 Å². The van der Waals surface area contributed by atoms with Gasteiger partial charge in [0.1, 0.15) is 42.6 Å². The summed E-state index contributed by atoms with van der Waals surface area (Å²) in [5, 5.41) is 7.19. The molecule has 12 nitrogen and oxygen atoms in total. The monoisotopic (exact) mass is 495 g/mol. The van der Waals surface area contributed by atoms with Crippen molar-refractivity contribution in [2.24, 2.45) is 10.5 Å². The van der Waals surface area contributed by atoms with E-state index in [-0.39, 0.29) is 18.2 Å². The number of hydrogen-bond acceptors (Lipinski definition) is 11. The molecule has 2 unspecified atom stereocenters. The highest BCUT2D eigenvalue weighted by Crippen LogP contribution is 2.43. The summed E-state index contributed by atoms with van der Waals surface area (Å²) in [6.45, 7) is 5.62. The molecule has 0 aliphatic carbocycles. The molecule has 0 saturated carbocycles. The van der Waals surface area contributed by atoms with Crippen molar-refractivity contribution in [2.75, 3.05) is 40.0 Å². The van der Waals surface area contributed by atoms with Gasteiger partial charge in [-0.1, -0.05) is 16.9 Å². The van der Waals surface area contributed by atoms with Crippen LogP contribution in [-0.4, -0.2) is 92.8 Å². The van der Waals surface area contributed by atoms with Crippen molar-refractivity contribution < 1.29 is 33.3 Å². The Morgan fingerprint density at radius 2 is 2.15 bits per heavy atom. The van der Waals surface area contributed by atoms with E-state index in [2.05, 4.69) is 20.2 Å². The number of methoxy groups -OCH3 is 1. The number of carbonyl (C=O) groups excluding carboxylic acids is 2. The molecule has 4 heterocycles. The summed E-state index contributed by atoms with van der Waals surface area (Å²) in [5.74, 6) is -1.07. The minimum absolute atomic E-state index is 0.0146. The van der Waals surface area contributed by atoms with Gasteiger partial charge in [-0.15, -0.1) is 0 Å². The first-order chi connectivity index (χ1) is 16.4. The van der Waals surface area contributed by atoms with E-state index in [0.717, 1.165) is 24.6 Å². The fourth-order valence-electron chi connectivity index (χ4n) is 4.60. The van der Waals surface area contributed by atoms with Crippen LogP contribution in [0, 0.1) is 5.41 Å². The second-order valence-electron chi connectivity index (χ2n) is 8.71. The summed E-state index contributed by atoms with van der Waals surface area (Å²) >= 11 is 1.43. The first kappa shape index (κ1) is 24.8. The SMILES string of the molecule is CO[C@H]1C(SC2=CC=CN(C3OCC34CNC4)C2)O[C@H](COC(C)=O)[C@H](OC(C)=O)[C@@H]1N=[N+]=[N-]. The van der Waals surface area contributed by atoms with E-state index in [1.54, 1.807) is 0 Å². The second kappa shape index (κ2) is 10.5. The molecule has 34 heavy (non-hydrogen) atoms. The Bertz CT molecular complexity index is 898. The van der Waals surface area contributed by atoms with Gasteiger partial charge in [0.15, 0.2) is 0 Å². The van der Waals surface area contributed by atoms with Crippen molar-refractivity contribution in [3.05, 3.63) is 33.7 Å². The van der Waals surface area contributed by atoms with Gasteiger partial charge in [0, 0.05) is 50.1 Å². The molecule has 0 radical (unpaired) electrons. The third-order valence-electron chi connectivity index (χ3n) is 6.30. The third kappa shape index (κ3) is 5.04. The predicted molar refractivity (Wildman–Crippen MR) is 121 cm³/mol. The minimum atomic E-state index is -0.972.